The number of hydrogen-bond donors (Lipinski definition) is 1. The first-order valence-electron chi connectivity index (χ1n) is 7.00. The first-order valence-corrected chi connectivity index (χ1v) is 7.00. The smallest absolute Gasteiger partial charge is 0.120 e. The lowest BCUT2D eigenvalue weighted by Crippen LogP contribution is -2.38. The van der Waals surface area contributed by atoms with Crippen LogP contribution in [0.5, 0.6) is 5.75 Å². The van der Waals surface area contributed by atoms with Crippen molar-refractivity contribution < 1.29 is 9.47 Å². The third kappa shape index (κ3) is 6.08. The second-order valence-corrected chi connectivity index (χ2v) is 5.54. The van der Waals surface area contributed by atoms with E-state index in [4.69, 9.17) is 9.47 Å². The van der Waals surface area contributed by atoms with Crippen molar-refractivity contribution in [3.63, 3.8) is 0 Å². The Morgan fingerprint density at radius 1 is 1.16 bits per heavy atom. The molecule has 0 fully saturated rings. The molecule has 0 spiro atoms. The van der Waals surface area contributed by atoms with Crippen LogP contribution < -0.4 is 10.1 Å². The number of rotatable bonds is 8. The summed E-state index contributed by atoms with van der Waals surface area (Å²) in [6.45, 7) is 10.2. The SMILES string of the molecule is COCc1cccc(OC(CNC(C)C)C(C)C)c1. The van der Waals surface area contributed by atoms with Crippen molar-refractivity contribution >= 4 is 0 Å². The summed E-state index contributed by atoms with van der Waals surface area (Å²) in [5.41, 5.74) is 1.14. The zero-order chi connectivity index (χ0) is 14.3. The lowest BCUT2D eigenvalue weighted by molar-refractivity contribution is 0.145. The van der Waals surface area contributed by atoms with Gasteiger partial charge < -0.3 is 14.8 Å². The molecule has 1 aromatic rings. The zero-order valence-corrected chi connectivity index (χ0v) is 12.8. The molecule has 0 aliphatic heterocycles. The molecule has 108 valence electrons. The molecule has 0 aliphatic carbocycles. The van der Waals surface area contributed by atoms with Crippen LogP contribution in [0.4, 0.5) is 0 Å². The Balaban J connectivity index is 2.64. The van der Waals surface area contributed by atoms with E-state index >= 15 is 0 Å². The van der Waals surface area contributed by atoms with Crippen molar-refractivity contribution in [3.05, 3.63) is 29.8 Å². The van der Waals surface area contributed by atoms with Gasteiger partial charge in [0.05, 0.1) is 6.61 Å². The highest BCUT2D eigenvalue weighted by molar-refractivity contribution is 5.28. The molecule has 19 heavy (non-hydrogen) atoms. The molecule has 0 aliphatic rings. The van der Waals surface area contributed by atoms with Crippen molar-refractivity contribution in [1.82, 2.24) is 5.32 Å². The van der Waals surface area contributed by atoms with E-state index < -0.39 is 0 Å². The Labute approximate surface area is 117 Å². The number of benzene rings is 1. The molecule has 1 atom stereocenters. The van der Waals surface area contributed by atoms with Gasteiger partial charge in [-0.15, -0.1) is 0 Å². The van der Waals surface area contributed by atoms with Gasteiger partial charge in [0.25, 0.3) is 0 Å². The van der Waals surface area contributed by atoms with Crippen LogP contribution in [0, 0.1) is 5.92 Å². The minimum Gasteiger partial charge on any atom is -0.489 e. The third-order valence-electron chi connectivity index (χ3n) is 2.97. The molecule has 1 unspecified atom stereocenters. The minimum atomic E-state index is 0.181. The quantitative estimate of drug-likeness (QED) is 0.783. The Morgan fingerprint density at radius 3 is 2.47 bits per heavy atom. The molecule has 3 nitrogen and oxygen atoms in total. The highest BCUT2D eigenvalue weighted by Crippen LogP contribution is 2.18. The highest BCUT2D eigenvalue weighted by atomic mass is 16.5. The second-order valence-electron chi connectivity index (χ2n) is 5.54. The number of nitrogens with one attached hydrogen (secondary N) is 1. The van der Waals surface area contributed by atoms with Gasteiger partial charge in [-0.05, 0) is 23.6 Å². The maximum Gasteiger partial charge on any atom is 0.120 e. The number of hydrogen-bond acceptors (Lipinski definition) is 3. The normalized spacial score (nSPS) is 13.0. The monoisotopic (exact) mass is 265 g/mol. The summed E-state index contributed by atoms with van der Waals surface area (Å²) < 4.78 is 11.2. The fraction of sp³-hybridized carbons (Fsp3) is 0.625. The molecule has 0 bridgehead atoms. The van der Waals surface area contributed by atoms with E-state index in [-0.39, 0.29) is 6.10 Å². The van der Waals surface area contributed by atoms with Gasteiger partial charge in [-0.2, -0.15) is 0 Å². The average Bonchev–Trinajstić information content (AvgIpc) is 2.34. The van der Waals surface area contributed by atoms with Crippen LogP contribution in [0.2, 0.25) is 0 Å². The van der Waals surface area contributed by atoms with Crippen molar-refractivity contribution in [3.8, 4) is 5.75 Å². The zero-order valence-electron chi connectivity index (χ0n) is 12.8. The van der Waals surface area contributed by atoms with Gasteiger partial charge in [0, 0.05) is 19.7 Å². The maximum absolute atomic E-state index is 6.10. The van der Waals surface area contributed by atoms with Crippen molar-refractivity contribution in [2.24, 2.45) is 5.92 Å². The van der Waals surface area contributed by atoms with E-state index in [1.165, 1.54) is 0 Å². The molecule has 0 saturated heterocycles. The lowest BCUT2D eigenvalue weighted by Gasteiger charge is -2.24. The molecule has 0 radical (unpaired) electrons. The van der Waals surface area contributed by atoms with Crippen molar-refractivity contribution in [2.75, 3.05) is 13.7 Å². The van der Waals surface area contributed by atoms with Gasteiger partial charge >= 0.3 is 0 Å². The molecule has 0 amide bonds. The molecule has 0 heterocycles. The molecule has 1 aromatic carbocycles. The van der Waals surface area contributed by atoms with Crippen LogP contribution in [0.25, 0.3) is 0 Å². The standard InChI is InChI=1S/C16H27NO2/c1-12(2)16(10-17-13(3)4)19-15-8-6-7-14(9-15)11-18-5/h6-9,12-13,16-17H,10-11H2,1-5H3. The van der Waals surface area contributed by atoms with Crippen LogP contribution in [0.15, 0.2) is 24.3 Å². The van der Waals surface area contributed by atoms with E-state index in [0.717, 1.165) is 17.9 Å². The van der Waals surface area contributed by atoms with E-state index in [2.05, 4.69) is 33.0 Å². The molecular weight excluding hydrogens is 238 g/mol. The first-order chi connectivity index (χ1) is 9.02. The topological polar surface area (TPSA) is 30.5 Å². The molecule has 1 rings (SSSR count). The van der Waals surface area contributed by atoms with E-state index in [0.29, 0.717) is 18.6 Å². The minimum absolute atomic E-state index is 0.181. The number of ether oxygens (including phenoxy) is 2. The average molecular weight is 265 g/mol. The Hall–Kier alpha value is -1.06. The summed E-state index contributed by atoms with van der Waals surface area (Å²) in [7, 11) is 1.71. The van der Waals surface area contributed by atoms with E-state index in [1.54, 1.807) is 7.11 Å². The van der Waals surface area contributed by atoms with Crippen LogP contribution in [-0.2, 0) is 11.3 Å². The summed E-state index contributed by atoms with van der Waals surface area (Å²) in [5.74, 6) is 1.39. The predicted octanol–water partition coefficient (Wildman–Crippen LogP) is 3.23. The van der Waals surface area contributed by atoms with Crippen LogP contribution in [0.3, 0.4) is 0 Å². The predicted molar refractivity (Wildman–Crippen MR) is 79.5 cm³/mol. The van der Waals surface area contributed by atoms with Gasteiger partial charge in [-0.25, -0.2) is 0 Å². The summed E-state index contributed by atoms with van der Waals surface area (Å²) in [4.78, 5) is 0. The molecule has 0 aromatic heterocycles. The van der Waals surface area contributed by atoms with Gasteiger partial charge in [0.2, 0.25) is 0 Å². The molecule has 0 saturated carbocycles. The van der Waals surface area contributed by atoms with Gasteiger partial charge in [0.1, 0.15) is 11.9 Å². The molecule has 3 heteroatoms. The van der Waals surface area contributed by atoms with Gasteiger partial charge in [-0.3, -0.25) is 0 Å². The Morgan fingerprint density at radius 2 is 1.89 bits per heavy atom. The Bertz CT molecular complexity index is 364. The van der Waals surface area contributed by atoms with E-state index in [1.807, 2.05) is 24.3 Å². The summed E-state index contributed by atoms with van der Waals surface area (Å²) in [6, 6.07) is 8.59. The van der Waals surface area contributed by atoms with Crippen LogP contribution >= 0.6 is 0 Å². The van der Waals surface area contributed by atoms with Crippen molar-refractivity contribution in [1.29, 1.82) is 0 Å². The fourth-order valence-electron chi connectivity index (χ4n) is 1.82. The Kier molecular flexibility index (Phi) is 6.89. The van der Waals surface area contributed by atoms with Crippen LogP contribution in [-0.4, -0.2) is 25.8 Å². The highest BCUT2D eigenvalue weighted by Gasteiger charge is 2.15. The molecule has 1 N–H and O–H groups in total. The number of methoxy groups -OCH3 is 1. The first kappa shape index (κ1) is 16.0. The summed E-state index contributed by atoms with van der Waals surface area (Å²) in [6.07, 6.45) is 0.181. The summed E-state index contributed by atoms with van der Waals surface area (Å²) in [5, 5.41) is 3.44. The summed E-state index contributed by atoms with van der Waals surface area (Å²) >= 11 is 0. The maximum atomic E-state index is 6.10. The van der Waals surface area contributed by atoms with Gasteiger partial charge in [-0.1, -0.05) is 39.8 Å². The molecular formula is C16H27NO2. The second kappa shape index (κ2) is 8.18. The fourth-order valence-corrected chi connectivity index (χ4v) is 1.82. The van der Waals surface area contributed by atoms with Gasteiger partial charge in [0.15, 0.2) is 0 Å². The largest absolute Gasteiger partial charge is 0.489 e. The third-order valence-corrected chi connectivity index (χ3v) is 2.97. The lowest BCUT2D eigenvalue weighted by atomic mass is 10.1. The van der Waals surface area contributed by atoms with Crippen molar-refractivity contribution in [2.45, 2.75) is 46.4 Å². The van der Waals surface area contributed by atoms with E-state index in [9.17, 15) is 0 Å². The van der Waals surface area contributed by atoms with Crippen LogP contribution in [0.1, 0.15) is 33.3 Å².